The van der Waals surface area contributed by atoms with Gasteiger partial charge in [-0.25, -0.2) is 0 Å². The minimum absolute atomic E-state index is 0.415. The van der Waals surface area contributed by atoms with Crippen molar-refractivity contribution in [2.75, 3.05) is 0 Å². The summed E-state index contributed by atoms with van der Waals surface area (Å²) in [5.41, 5.74) is 1.25. The Labute approximate surface area is 120 Å². The number of ether oxygens (including phenoxy) is 1. The number of carbonyl (C=O) groups excluding carboxylic acids is 1. The van der Waals surface area contributed by atoms with Crippen molar-refractivity contribution in [3.8, 4) is 11.5 Å². The lowest BCUT2D eigenvalue weighted by Crippen LogP contribution is -1.91. The first kappa shape index (κ1) is 12.6. The maximum absolute atomic E-state index is 11.1. The van der Waals surface area contributed by atoms with Crippen LogP contribution in [0, 0.1) is 0 Å². The van der Waals surface area contributed by atoms with Crippen LogP contribution >= 0.6 is 11.6 Å². The second kappa shape index (κ2) is 5.31. The quantitative estimate of drug-likeness (QED) is 0.665. The smallest absolute Gasteiger partial charge is 0.153 e. The molecule has 0 fully saturated rings. The first-order chi connectivity index (χ1) is 9.78. The number of hydrogen-bond donors (Lipinski definition) is 0. The molecule has 1 heterocycles. The summed E-state index contributed by atoms with van der Waals surface area (Å²) in [5, 5.41) is 1.39. The maximum Gasteiger partial charge on any atom is 0.153 e. The molecule has 3 aromatic rings. The molecule has 1 aromatic heterocycles. The molecule has 0 bridgehead atoms. The maximum atomic E-state index is 11.1. The van der Waals surface area contributed by atoms with Crippen LogP contribution in [-0.4, -0.2) is 11.3 Å². The van der Waals surface area contributed by atoms with Crippen molar-refractivity contribution in [3.05, 3.63) is 65.3 Å². The monoisotopic (exact) mass is 283 g/mol. The highest BCUT2D eigenvalue weighted by Gasteiger charge is 2.08. The van der Waals surface area contributed by atoms with Crippen LogP contribution in [0.25, 0.3) is 10.9 Å². The second-order valence-electron chi connectivity index (χ2n) is 4.23. The number of benzene rings is 2. The minimum atomic E-state index is 0.415. The molecule has 0 N–H and O–H groups in total. The minimum Gasteiger partial charge on any atom is -0.456 e. The van der Waals surface area contributed by atoms with E-state index in [0.717, 1.165) is 17.2 Å². The number of halogens is 1. The number of hydrogen-bond acceptors (Lipinski definition) is 3. The predicted octanol–water partition coefficient (Wildman–Crippen LogP) is 4.49. The SMILES string of the molecule is O=Cc1cc(Cl)ccc1Oc1cccc2ncccc12. The van der Waals surface area contributed by atoms with Gasteiger partial charge in [-0.1, -0.05) is 17.7 Å². The van der Waals surface area contributed by atoms with Gasteiger partial charge in [0.1, 0.15) is 11.5 Å². The van der Waals surface area contributed by atoms with Crippen LogP contribution in [0.4, 0.5) is 0 Å². The van der Waals surface area contributed by atoms with Crippen LogP contribution in [-0.2, 0) is 0 Å². The van der Waals surface area contributed by atoms with Crippen molar-refractivity contribution < 1.29 is 9.53 Å². The summed E-state index contributed by atoms with van der Waals surface area (Å²) in [7, 11) is 0. The fourth-order valence-electron chi connectivity index (χ4n) is 1.99. The number of pyridine rings is 1. The fraction of sp³-hybridized carbons (Fsp3) is 0. The molecule has 2 aromatic carbocycles. The molecule has 0 aliphatic carbocycles. The molecule has 0 radical (unpaired) electrons. The van der Waals surface area contributed by atoms with E-state index in [2.05, 4.69) is 4.98 Å². The largest absolute Gasteiger partial charge is 0.456 e. The fourth-order valence-corrected chi connectivity index (χ4v) is 2.17. The molecule has 0 saturated heterocycles. The van der Waals surface area contributed by atoms with Gasteiger partial charge in [0.2, 0.25) is 0 Å². The van der Waals surface area contributed by atoms with E-state index in [-0.39, 0.29) is 0 Å². The zero-order valence-corrected chi connectivity index (χ0v) is 11.2. The van der Waals surface area contributed by atoms with Gasteiger partial charge < -0.3 is 4.74 Å². The molecule has 0 atom stereocenters. The summed E-state index contributed by atoms with van der Waals surface area (Å²) in [4.78, 5) is 15.4. The van der Waals surface area contributed by atoms with Crippen molar-refractivity contribution in [2.45, 2.75) is 0 Å². The Morgan fingerprint density at radius 3 is 2.80 bits per heavy atom. The van der Waals surface area contributed by atoms with Crippen LogP contribution in [0.1, 0.15) is 10.4 Å². The molecule has 98 valence electrons. The molecular weight excluding hydrogens is 274 g/mol. The molecule has 0 aliphatic heterocycles. The summed E-state index contributed by atoms with van der Waals surface area (Å²) in [6, 6.07) is 14.3. The highest BCUT2D eigenvalue weighted by Crippen LogP contribution is 2.31. The van der Waals surface area contributed by atoms with Gasteiger partial charge >= 0.3 is 0 Å². The third-order valence-electron chi connectivity index (χ3n) is 2.92. The first-order valence-electron chi connectivity index (χ1n) is 6.04. The van der Waals surface area contributed by atoms with E-state index in [1.165, 1.54) is 0 Å². The van der Waals surface area contributed by atoms with Crippen LogP contribution in [0.15, 0.2) is 54.7 Å². The van der Waals surface area contributed by atoms with Gasteiger partial charge in [-0.05, 0) is 42.5 Å². The predicted molar refractivity (Wildman–Crippen MR) is 78.7 cm³/mol. The van der Waals surface area contributed by atoms with Gasteiger partial charge in [0.05, 0.1) is 11.1 Å². The molecule has 0 saturated carbocycles. The van der Waals surface area contributed by atoms with E-state index >= 15 is 0 Å². The van der Waals surface area contributed by atoms with Crippen molar-refractivity contribution in [2.24, 2.45) is 0 Å². The number of rotatable bonds is 3. The first-order valence-corrected chi connectivity index (χ1v) is 6.42. The van der Waals surface area contributed by atoms with Crippen LogP contribution in [0.5, 0.6) is 11.5 Å². The molecule has 3 rings (SSSR count). The van der Waals surface area contributed by atoms with E-state index in [1.807, 2.05) is 30.3 Å². The normalized spacial score (nSPS) is 10.4. The Morgan fingerprint density at radius 2 is 1.95 bits per heavy atom. The van der Waals surface area contributed by atoms with Crippen molar-refractivity contribution >= 4 is 28.8 Å². The van der Waals surface area contributed by atoms with Crippen LogP contribution in [0.3, 0.4) is 0 Å². The van der Waals surface area contributed by atoms with Gasteiger partial charge in [0.15, 0.2) is 6.29 Å². The molecule has 0 unspecified atom stereocenters. The van der Waals surface area contributed by atoms with Gasteiger partial charge in [-0.3, -0.25) is 9.78 Å². The molecule has 4 heteroatoms. The van der Waals surface area contributed by atoms with Gasteiger partial charge in [0.25, 0.3) is 0 Å². The zero-order valence-electron chi connectivity index (χ0n) is 10.4. The van der Waals surface area contributed by atoms with Gasteiger partial charge in [-0.2, -0.15) is 0 Å². The number of fused-ring (bicyclic) bond motifs is 1. The number of aldehydes is 1. The van der Waals surface area contributed by atoms with E-state index < -0.39 is 0 Å². The summed E-state index contributed by atoms with van der Waals surface area (Å²) < 4.78 is 5.84. The molecule has 0 spiro atoms. The third kappa shape index (κ3) is 2.36. The standard InChI is InChI=1S/C16H10ClNO2/c17-12-6-7-15(11(9-12)10-19)20-16-5-1-4-14-13(16)3-2-8-18-14/h1-10H. The highest BCUT2D eigenvalue weighted by atomic mass is 35.5. The Kier molecular flexibility index (Phi) is 3.35. The van der Waals surface area contributed by atoms with Crippen LogP contribution < -0.4 is 4.74 Å². The molecule has 20 heavy (non-hydrogen) atoms. The lowest BCUT2D eigenvalue weighted by atomic mass is 10.2. The topological polar surface area (TPSA) is 39.2 Å². The Hall–Kier alpha value is -2.39. The van der Waals surface area contributed by atoms with Crippen molar-refractivity contribution in [3.63, 3.8) is 0 Å². The zero-order chi connectivity index (χ0) is 13.9. The Balaban J connectivity index is 2.08. The summed E-state index contributed by atoms with van der Waals surface area (Å²) in [6.07, 6.45) is 2.45. The average molecular weight is 284 g/mol. The summed E-state index contributed by atoms with van der Waals surface area (Å²) in [6.45, 7) is 0. The molecule has 0 amide bonds. The average Bonchev–Trinajstić information content (AvgIpc) is 2.49. The van der Waals surface area contributed by atoms with E-state index in [0.29, 0.717) is 22.1 Å². The highest BCUT2D eigenvalue weighted by molar-refractivity contribution is 6.30. The number of nitrogens with zero attached hydrogens (tertiary/aromatic N) is 1. The second-order valence-corrected chi connectivity index (χ2v) is 4.66. The molecule has 0 aliphatic rings. The summed E-state index contributed by atoms with van der Waals surface area (Å²) >= 11 is 5.87. The summed E-state index contributed by atoms with van der Waals surface area (Å²) in [5.74, 6) is 1.13. The number of carbonyl (C=O) groups is 1. The number of aromatic nitrogens is 1. The molecule has 3 nitrogen and oxygen atoms in total. The Morgan fingerprint density at radius 1 is 1.05 bits per heavy atom. The van der Waals surface area contributed by atoms with E-state index in [1.54, 1.807) is 24.4 Å². The lowest BCUT2D eigenvalue weighted by Gasteiger charge is -2.10. The molecular formula is C16H10ClNO2. The van der Waals surface area contributed by atoms with Crippen LogP contribution in [0.2, 0.25) is 5.02 Å². The third-order valence-corrected chi connectivity index (χ3v) is 3.16. The van der Waals surface area contributed by atoms with Gasteiger partial charge in [-0.15, -0.1) is 0 Å². The van der Waals surface area contributed by atoms with E-state index in [9.17, 15) is 4.79 Å². The Bertz CT molecular complexity index is 781. The van der Waals surface area contributed by atoms with E-state index in [4.69, 9.17) is 16.3 Å². The lowest BCUT2D eigenvalue weighted by molar-refractivity contribution is 0.112. The van der Waals surface area contributed by atoms with Crippen molar-refractivity contribution in [1.29, 1.82) is 0 Å². The van der Waals surface area contributed by atoms with Crippen molar-refractivity contribution in [1.82, 2.24) is 4.98 Å². The van der Waals surface area contributed by atoms with Gasteiger partial charge in [0, 0.05) is 16.6 Å².